The Balaban J connectivity index is 1.73. The van der Waals surface area contributed by atoms with E-state index in [0.29, 0.717) is 29.6 Å². The van der Waals surface area contributed by atoms with Gasteiger partial charge in [-0.25, -0.2) is 9.59 Å². The van der Waals surface area contributed by atoms with Crippen molar-refractivity contribution in [3.8, 4) is 0 Å². The highest BCUT2D eigenvalue weighted by atomic mass is 16.5. The van der Waals surface area contributed by atoms with Gasteiger partial charge in [-0.15, -0.1) is 0 Å². The number of carbonyl (C=O) groups excluding carboxylic acids is 2. The van der Waals surface area contributed by atoms with Crippen molar-refractivity contribution in [3.05, 3.63) is 30.0 Å². The van der Waals surface area contributed by atoms with Crippen LogP contribution in [-0.4, -0.2) is 48.2 Å². The third kappa shape index (κ3) is 3.15. The van der Waals surface area contributed by atoms with E-state index in [4.69, 9.17) is 4.42 Å². The minimum atomic E-state index is -0.915. The third-order valence-electron chi connectivity index (χ3n) is 4.43. The van der Waals surface area contributed by atoms with Gasteiger partial charge in [0, 0.05) is 24.2 Å². The van der Waals surface area contributed by atoms with E-state index < -0.39 is 17.4 Å². The number of methoxy groups -OCH3 is 1. The Morgan fingerprint density at radius 3 is 2.72 bits per heavy atom. The molecule has 2 N–H and O–H groups in total. The topological polar surface area (TPSA) is 109 Å². The second kappa shape index (κ2) is 6.12. The standard InChI is InChI=1S/C17H18N2O6/c1-17(15(21)22)5-6-19(9-17)16(23)18-11-3-4-12-10(7-11)8-13(25-12)14(20)24-2/h3-4,7-8H,5-6,9H2,1-2H3,(H,18,23)(H,21,22). The first kappa shape index (κ1) is 16.8. The Bertz CT molecular complexity index is 858. The monoisotopic (exact) mass is 346 g/mol. The number of rotatable bonds is 3. The number of hydrogen-bond donors (Lipinski definition) is 2. The molecule has 1 atom stereocenters. The summed E-state index contributed by atoms with van der Waals surface area (Å²) in [4.78, 5) is 36.6. The molecule has 1 saturated heterocycles. The second-order valence-electron chi connectivity index (χ2n) is 6.32. The lowest BCUT2D eigenvalue weighted by atomic mass is 9.90. The average Bonchev–Trinajstić information content (AvgIpc) is 3.18. The van der Waals surface area contributed by atoms with Gasteiger partial charge in [-0.05, 0) is 37.6 Å². The number of carbonyl (C=O) groups is 3. The van der Waals surface area contributed by atoms with E-state index in [9.17, 15) is 19.5 Å². The number of furan rings is 1. The van der Waals surface area contributed by atoms with Crippen molar-refractivity contribution in [3.63, 3.8) is 0 Å². The maximum atomic E-state index is 12.3. The lowest BCUT2D eigenvalue weighted by Gasteiger charge is -2.20. The summed E-state index contributed by atoms with van der Waals surface area (Å²) >= 11 is 0. The molecule has 3 rings (SSSR count). The molecule has 0 bridgehead atoms. The Morgan fingerprint density at radius 1 is 1.32 bits per heavy atom. The number of aliphatic carboxylic acids is 1. The molecule has 0 radical (unpaired) electrons. The summed E-state index contributed by atoms with van der Waals surface area (Å²) in [6.45, 7) is 2.18. The number of carboxylic acids is 1. The van der Waals surface area contributed by atoms with E-state index in [1.165, 1.54) is 18.1 Å². The molecule has 1 aromatic carbocycles. The zero-order valence-electron chi connectivity index (χ0n) is 13.9. The van der Waals surface area contributed by atoms with E-state index >= 15 is 0 Å². The fourth-order valence-electron chi connectivity index (χ4n) is 2.83. The number of fused-ring (bicyclic) bond motifs is 1. The molecule has 0 spiro atoms. The number of anilines is 1. The predicted molar refractivity (Wildman–Crippen MR) is 88.5 cm³/mol. The summed E-state index contributed by atoms with van der Waals surface area (Å²) in [7, 11) is 1.27. The molecule has 0 saturated carbocycles. The molecule has 1 unspecified atom stereocenters. The Morgan fingerprint density at radius 2 is 2.08 bits per heavy atom. The SMILES string of the molecule is COC(=O)c1cc2cc(NC(=O)N3CCC(C)(C(=O)O)C3)ccc2o1. The average molecular weight is 346 g/mol. The van der Waals surface area contributed by atoms with Crippen LogP contribution >= 0.6 is 0 Å². The van der Waals surface area contributed by atoms with Crippen LogP contribution in [0, 0.1) is 5.41 Å². The zero-order chi connectivity index (χ0) is 18.2. The molecule has 0 aliphatic carbocycles. The van der Waals surface area contributed by atoms with Crippen LogP contribution in [0.25, 0.3) is 11.0 Å². The normalized spacial score (nSPS) is 19.8. The maximum Gasteiger partial charge on any atom is 0.373 e. The summed E-state index contributed by atoms with van der Waals surface area (Å²) in [5, 5.41) is 12.6. The van der Waals surface area contributed by atoms with Gasteiger partial charge in [0.1, 0.15) is 5.58 Å². The summed E-state index contributed by atoms with van der Waals surface area (Å²) in [6, 6.07) is 6.14. The van der Waals surface area contributed by atoms with Crippen LogP contribution in [0.2, 0.25) is 0 Å². The van der Waals surface area contributed by atoms with Crippen molar-refractivity contribution in [2.45, 2.75) is 13.3 Å². The minimum Gasteiger partial charge on any atom is -0.481 e. The lowest BCUT2D eigenvalue weighted by molar-refractivity contribution is -0.146. The van der Waals surface area contributed by atoms with Gasteiger partial charge in [0.2, 0.25) is 5.76 Å². The fraction of sp³-hybridized carbons (Fsp3) is 0.353. The summed E-state index contributed by atoms with van der Waals surface area (Å²) < 4.78 is 9.98. The summed E-state index contributed by atoms with van der Waals surface area (Å²) in [5.41, 5.74) is 0.109. The van der Waals surface area contributed by atoms with Crippen LogP contribution in [0.15, 0.2) is 28.7 Å². The number of hydrogen-bond acceptors (Lipinski definition) is 5. The number of ether oxygens (including phenoxy) is 1. The molecular formula is C17H18N2O6. The molecular weight excluding hydrogens is 328 g/mol. The molecule has 1 fully saturated rings. The van der Waals surface area contributed by atoms with E-state index in [1.807, 2.05) is 0 Å². The van der Waals surface area contributed by atoms with Crippen LogP contribution in [0.5, 0.6) is 0 Å². The van der Waals surface area contributed by atoms with Gasteiger partial charge < -0.3 is 24.5 Å². The second-order valence-corrected chi connectivity index (χ2v) is 6.32. The van der Waals surface area contributed by atoms with E-state index in [0.717, 1.165) is 0 Å². The molecule has 1 aromatic heterocycles. The predicted octanol–water partition coefficient (Wildman–Crippen LogP) is 2.55. The highest BCUT2D eigenvalue weighted by molar-refractivity contribution is 5.96. The van der Waals surface area contributed by atoms with Gasteiger partial charge in [0.05, 0.1) is 12.5 Å². The van der Waals surface area contributed by atoms with E-state index in [-0.39, 0.29) is 18.3 Å². The van der Waals surface area contributed by atoms with Gasteiger partial charge in [-0.2, -0.15) is 0 Å². The van der Waals surface area contributed by atoms with Crippen molar-refractivity contribution in [2.75, 3.05) is 25.5 Å². The van der Waals surface area contributed by atoms with Crippen molar-refractivity contribution >= 4 is 34.6 Å². The molecule has 8 heteroatoms. The highest BCUT2D eigenvalue weighted by Crippen LogP contribution is 2.31. The minimum absolute atomic E-state index is 0.0812. The lowest BCUT2D eigenvalue weighted by Crippen LogP contribution is -2.37. The number of likely N-dealkylation sites (tertiary alicyclic amines) is 1. The highest BCUT2D eigenvalue weighted by Gasteiger charge is 2.42. The smallest absolute Gasteiger partial charge is 0.373 e. The zero-order valence-corrected chi connectivity index (χ0v) is 13.9. The molecule has 25 heavy (non-hydrogen) atoms. The van der Waals surface area contributed by atoms with Crippen molar-refractivity contribution in [1.29, 1.82) is 0 Å². The maximum absolute atomic E-state index is 12.3. The Hall–Kier alpha value is -3.03. The van der Waals surface area contributed by atoms with Gasteiger partial charge in [0.25, 0.3) is 0 Å². The van der Waals surface area contributed by atoms with Crippen molar-refractivity contribution in [1.82, 2.24) is 4.90 Å². The Kier molecular flexibility index (Phi) is 4.12. The van der Waals surface area contributed by atoms with Gasteiger partial charge in [0.15, 0.2) is 0 Å². The molecule has 2 aromatic rings. The molecule has 8 nitrogen and oxygen atoms in total. The van der Waals surface area contributed by atoms with E-state index in [2.05, 4.69) is 10.1 Å². The van der Waals surface area contributed by atoms with Crippen LogP contribution in [0.4, 0.5) is 10.5 Å². The number of nitrogens with one attached hydrogen (secondary N) is 1. The van der Waals surface area contributed by atoms with Crippen LogP contribution in [0.1, 0.15) is 23.9 Å². The van der Waals surface area contributed by atoms with Gasteiger partial charge in [-0.1, -0.05) is 0 Å². The summed E-state index contributed by atoms with van der Waals surface area (Å²) in [6.07, 6.45) is 0.416. The number of nitrogens with zero attached hydrogens (tertiary/aromatic N) is 1. The Labute approximate surface area is 143 Å². The molecule has 2 amide bonds. The molecule has 2 heterocycles. The fourth-order valence-corrected chi connectivity index (χ4v) is 2.83. The number of esters is 1. The molecule has 132 valence electrons. The van der Waals surface area contributed by atoms with Crippen LogP contribution < -0.4 is 5.32 Å². The van der Waals surface area contributed by atoms with E-state index in [1.54, 1.807) is 25.1 Å². The summed E-state index contributed by atoms with van der Waals surface area (Å²) in [5.74, 6) is -1.40. The first-order chi connectivity index (χ1) is 11.8. The number of benzene rings is 1. The van der Waals surface area contributed by atoms with Gasteiger partial charge in [-0.3, -0.25) is 4.79 Å². The number of urea groups is 1. The van der Waals surface area contributed by atoms with Crippen LogP contribution in [-0.2, 0) is 9.53 Å². The van der Waals surface area contributed by atoms with Gasteiger partial charge >= 0.3 is 18.0 Å². The third-order valence-corrected chi connectivity index (χ3v) is 4.43. The largest absolute Gasteiger partial charge is 0.481 e. The van der Waals surface area contributed by atoms with Crippen LogP contribution in [0.3, 0.4) is 0 Å². The first-order valence-corrected chi connectivity index (χ1v) is 7.74. The molecule has 1 aliphatic rings. The quantitative estimate of drug-likeness (QED) is 0.827. The first-order valence-electron chi connectivity index (χ1n) is 7.74. The molecule has 1 aliphatic heterocycles. The van der Waals surface area contributed by atoms with Crippen molar-refractivity contribution < 1.29 is 28.6 Å². The number of carboxylic acid groups (broad SMARTS) is 1. The van der Waals surface area contributed by atoms with Crippen molar-refractivity contribution in [2.24, 2.45) is 5.41 Å². The number of amides is 2.